The van der Waals surface area contributed by atoms with E-state index in [-0.39, 0.29) is 30.2 Å². The maximum absolute atomic E-state index is 13.7. The second-order valence-electron chi connectivity index (χ2n) is 8.95. The normalized spacial score (nSPS) is 20.0. The molecule has 7 heteroatoms. The Labute approximate surface area is 188 Å². The monoisotopic (exact) mass is 432 g/mol. The molecule has 2 saturated heterocycles. The minimum absolute atomic E-state index is 0.00350. The van der Waals surface area contributed by atoms with E-state index in [0.717, 1.165) is 18.5 Å². The van der Waals surface area contributed by atoms with Crippen molar-refractivity contribution < 1.29 is 14.4 Å². The summed E-state index contributed by atoms with van der Waals surface area (Å²) < 4.78 is 0. The van der Waals surface area contributed by atoms with E-state index in [4.69, 9.17) is 0 Å². The molecule has 2 aromatic rings. The zero-order chi connectivity index (χ0) is 22.1. The van der Waals surface area contributed by atoms with Crippen LogP contribution in [-0.4, -0.2) is 59.4 Å². The molecule has 0 atom stereocenters. The third kappa shape index (κ3) is 3.83. The topological polar surface area (TPSA) is 73.0 Å². The highest BCUT2D eigenvalue weighted by atomic mass is 16.2. The number of anilines is 2. The van der Waals surface area contributed by atoms with Crippen molar-refractivity contribution in [3.63, 3.8) is 0 Å². The van der Waals surface area contributed by atoms with Crippen molar-refractivity contribution in [1.82, 2.24) is 9.80 Å². The van der Waals surface area contributed by atoms with Gasteiger partial charge in [0.05, 0.1) is 6.67 Å². The first-order valence-corrected chi connectivity index (χ1v) is 11.3. The van der Waals surface area contributed by atoms with Crippen LogP contribution in [0.1, 0.15) is 25.7 Å². The molecule has 3 fully saturated rings. The fraction of sp³-hybridized carbons (Fsp3) is 0.400. The lowest BCUT2D eigenvalue weighted by molar-refractivity contribution is -0.140. The van der Waals surface area contributed by atoms with E-state index in [0.29, 0.717) is 38.3 Å². The lowest BCUT2D eigenvalue weighted by atomic mass is 9.85. The molecule has 0 bridgehead atoms. The molecule has 1 aliphatic carbocycles. The number of para-hydroxylation sites is 2. The maximum Gasteiger partial charge on any atom is 0.250 e. The molecule has 0 unspecified atom stereocenters. The van der Waals surface area contributed by atoms with Crippen LogP contribution >= 0.6 is 0 Å². The summed E-state index contributed by atoms with van der Waals surface area (Å²) in [5.74, 6) is 0.182. The Morgan fingerprint density at radius 1 is 0.938 bits per heavy atom. The van der Waals surface area contributed by atoms with Gasteiger partial charge < -0.3 is 20.0 Å². The first-order chi connectivity index (χ1) is 15.6. The van der Waals surface area contributed by atoms with Crippen molar-refractivity contribution in [2.24, 2.45) is 5.92 Å². The summed E-state index contributed by atoms with van der Waals surface area (Å²) >= 11 is 0. The summed E-state index contributed by atoms with van der Waals surface area (Å²) in [7, 11) is 0. The average molecular weight is 433 g/mol. The summed E-state index contributed by atoms with van der Waals surface area (Å²) in [6.07, 6.45) is 3.13. The second kappa shape index (κ2) is 8.30. The SMILES string of the molecule is O=C(CN1CN(c2ccccc2)C2(CCN(C(=O)C3CC3)CC2)C1=O)Nc1ccccc1. The van der Waals surface area contributed by atoms with Crippen LogP contribution < -0.4 is 10.2 Å². The van der Waals surface area contributed by atoms with E-state index in [1.807, 2.05) is 65.6 Å². The molecule has 0 aromatic heterocycles. The Hall–Kier alpha value is -3.35. The molecule has 166 valence electrons. The van der Waals surface area contributed by atoms with Crippen molar-refractivity contribution in [2.75, 3.05) is 36.5 Å². The van der Waals surface area contributed by atoms with Gasteiger partial charge in [0.2, 0.25) is 11.8 Å². The molecule has 2 heterocycles. The summed E-state index contributed by atoms with van der Waals surface area (Å²) in [5.41, 5.74) is 0.966. The van der Waals surface area contributed by atoms with Crippen LogP contribution in [0, 0.1) is 5.92 Å². The number of hydrogen-bond acceptors (Lipinski definition) is 4. The third-order valence-electron chi connectivity index (χ3n) is 6.80. The van der Waals surface area contributed by atoms with Crippen LogP contribution in [0.4, 0.5) is 11.4 Å². The standard InChI is InChI=1S/C25H28N4O3/c30-22(26-20-7-3-1-4-8-20)17-28-18-29(21-9-5-2-6-10-21)25(24(28)32)13-15-27(16-14-25)23(31)19-11-12-19/h1-10,19H,11-18H2,(H,26,30). The molecule has 1 N–H and O–H groups in total. The molecule has 2 aliphatic heterocycles. The number of amides is 3. The van der Waals surface area contributed by atoms with Gasteiger partial charge in [-0.15, -0.1) is 0 Å². The minimum atomic E-state index is -0.714. The number of hydrogen-bond donors (Lipinski definition) is 1. The van der Waals surface area contributed by atoms with Crippen molar-refractivity contribution in [3.8, 4) is 0 Å². The molecule has 0 radical (unpaired) electrons. The summed E-state index contributed by atoms with van der Waals surface area (Å²) in [4.78, 5) is 44.6. The van der Waals surface area contributed by atoms with Crippen LogP contribution in [0.3, 0.4) is 0 Å². The van der Waals surface area contributed by atoms with Gasteiger partial charge in [0.1, 0.15) is 12.1 Å². The number of nitrogens with one attached hydrogen (secondary N) is 1. The van der Waals surface area contributed by atoms with Crippen LogP contribution in [0.15, 0.2) is 60.7 Å². The van der Waals surface area contributed by atoms with Gasteiger partial charge in [-0.1, -0.05) is 36.4 Å². The van der Waals surface area contributed by atoms with Gasteiger partial charge in [0, 0.05) is 30.4 Å². The smallest absolute Gasteiger partial charge is 0.250 e. The number of rotatable bonds is 5. The first-order valence-electron chi connectivity index (χ1n) is 11.3. The van der Waals surface area contributed by atoms with Crippen molar-refractivity contribution in [3.05, 3.63) is 60.7 Å². The molecule has 2 aromatic carbocycles. The van der Waals surface area contributed by atoms with Crippen LogP contribution in [0.25, 0.3) is 0 Å². The zero-order valence-corrected chi connectivity index (χ0v) is 18.1. The first kappa shape index (κ1) is 20.5. The largest absolute Gasteiger partial charge is 0.342 e. The molecule has 3 aliphatic rings. The minimum Gasteiger partial charge on any atom is -0.342 e. The van der Waals surface area contributed by atoms with E-state index in [1.54, 1.807) is 4.90 Å². The number of nitrogens with zero attached hydrogens (tertiary/aromatic N) is 3. The number of piperidine rings is 1. The summed E-state index contributed by atoms with van der Waals surface area (Å²) in [6, 6.07) is 19.2. The molecule has 3 amide bonds. The van der Waals surface area contributed by atoms with Gasteiger partial charge >= 0.3 is 0 Å². The predicted molar refractivity (Wildman–Crippen MR) is 122 cm³/mol. The lowest BCUT2D eigenvalue weighted by Gasteiger charge is -2.43. The maximum atomic E-state index is 13.7. The van der Waals surface area contributed by atoms with Gasteiger partial charge in [0.25, 0.3) is 5.91 Å². The highest BCUT2D eigenvalue weighted by Gasteiger charge is 2.54. The molecular weight excluding hydrogens is 404 g/mol. The molecule has 1 spiro atoms. The highest BCUT2D eigenvalue weighted by molar-refractivity contribution is 5.99. The fourth-order valence-corrected chi connectivity index (χ4v) is 4.90. The Morgan fingerprint density at radius 2 is 1.56 bits per heavy atom. The second-order valence-corrected chi connectivity index (χ2v) is 8.95. The third-order valence-corrected chi connectivity index (χ3v) is 6.80. The zero-order valence-electron chi connectivity index (χ0n) is 18.1. The van der Waals surface area contributed by atoms with E-state index in [9.17, 15) is 14.4 Å². The Kier molecular flexibility index (Phi) is 5.33. The van der Waals surface area contributed by atoms with Gasteiger partial charge in [-0.25, -0.2) is 0 Å². The van der Waals surface area contributed by atoms with Gasteiger partial charge in [-0.2, -0.15) is 0 Å². The predicted octanol–water partition coefficient (Wildman–Crippen LogP) is 2.70. The molecule has 1 saturated carbocycles. The molecule has 5 rings (SSSR count). The quantitative estimate of drug-likeness (QED) is 0.789. The number of carbonyl (C=O) groups excluding carboxylic acids is 3. The number of carbonyl (C=O) groups is 3. The van der Waals surface area contributed by atoms with Crippen molar-refractivity contribution >= 4 is 29.1 Å². The number of benzene rings is 2. The molecule has 32 heavy (non-hydrogen) atoms. The van der Waals surface area contributed by atoms with Gasteiger partial charge in [0.15, 0.2) is 0 Å². The highest BCUT2D eigenvalue weighted by Crippen LogP contribution is 2.40. The summed E-state index contributed by atoms with van der Waals surface area (Å²) in [5, 5.41) is 2.87. The van der Waals surface area contributed by atoms with Crippen molar-refractivity contribution in [2.45, 2.75) is 31.2 Å². The van der Waals surface area contributed by atoms with E-state index in [1.165, 1.54) is 0 Å². The van der Waals surface area contributed by atoms with E-state index >= 15 is 0 Å². The lowest BCUT2D eigenvalue weighted by Crippen LogP contribution is -2.57. The Bertz CT molecular complexity index is 998. The fourth-order valence-electron chi connectivity index (χ4n) is 4.90. The molecule has 7 nitrogen and oxygen atoms in total. The van der Waals surface area contributed by atoms with Crippen LogP contribution in [-0.2, 0) is 14.4 Å². The Balaban J connectivity index is 1.34. The average Bonchev–Trinajstić information content (AvgIpc) is 3.64. The number of likely N-dealkylation sites (tertiary alicyclic amines) is 1. The van der Waals surface area contributed by atoms with E-state index in [2.05, 4.69) is 10.2 Å². The Morgan fingerprint density at radius 3 is 2.19 bits per heavy atom. The van der Waals surface area contributed by atoms with Crippen LogP contribution in [0.2, 0.25) is 0 Å². The van der Waals surface area contributed by atoms with Gasteiger partial charge in [-0.05, 0) is 49.9 Å². The summed E-state index contributed by atoms with van der Waals surface area (Å²) in [6.45, 7) is 1.52. The van der Waals surface area contributed by atoms with Crippen molar-refractivity contribution in [1.29, 1.82) is 0 Å². The molecular formula is C25H28N4O3. The van der Waals surface area contributed by atoms with E-state index < -0.39 is 5.54 Å². The van der Waals surface area contributed by atoms with Crippen LogP contribution in [0.5, 0.6) is 0 Å². The van der Waals surface area contributed by atoms with Gasteiger partial charge in [-0.3, -0.25) is 14.4 Å².